The van der Waals surface area contributed by atoms with Crippen molar-refractivity contribution in [2.75, 3.05) is 13.1 Å². The zero-order valence-electron chi connectivity index (χ0n) is 16.6. The number of halogens is 2. The Labute approximate surface area is 190 Å². The monoisotopic (exact) mass is 469 g/mol. The van der Waals surface area contributed by atoms with Crippen LogP contribution in [0.25, 0.3) is 0 Å². The summed E-state index contributed by atoms with van der Waals surface area (Å²) in [5.74, 6) is 0.0396. The lowest BCUT2D eigenvalue weighted by Crippen LogP contribution is -2.43. The predicted molar refractivity (Wildman–Crippen MR) is 119 cm³/mol. The van der Waals surface area contributed by atoms with Crippen molar-refractivity contribution >= 4 is 52.7 Å². The highest BCUT2D eigenvalue weighted by atomic mass is 35.5. The molecular weight excluding hydrogens is 445 g/mol. The molecule has 1 N–H and O–H groups in total. The van der Waals surface area contributed by atoms with Gasteiger partial charge in [-0.15, -0.1) is 11.8 Å². The van der Waals surface area contributed by atoms with Crippen LogP contribution in [0.2, 0.25) is 0 Å². The van der Waals surface area contributed by atoms with Crippen LogP contribution in [0.5, 0.6) is 0 Å². The number of likely N-dealkylation sites (tertiary alicyclic amines) is 2. The summed E-state index contributed by atoms with van der Waals surface area (Å²) in [7, 11) is 0. The zero-order valence-corrected chi connectivity index (χ0v) is 18.9. The van der Waals surface area contributed by atoms with Gasteiger partial charge in [0.05, 0.1) is 32.4 Å². The predicted octanol–water partition coefficient (Wildman–Crippen LogP) is 3.47. The molecule has 0 bridgehead atoms. The molecule has 4 rings (SSSR count). The molecule has 0 aromatic rings. The van der Waals surface area contributed by atoms with Gasteiger partial charge in [-0.2, -0.15) is 0 Å². The molecule has 0 aromatic carbocycles. The summed E-state index contributed by atoms with van der Waals surface area (Å²) < 4.78 is 0.645. The Morgan fingerprint density at radius 2 is 1.93 bits per heavy atom. The molecule has 0 radical (unpaired) electrons. The minimum absolute atomic E-state index is 0.00366. The standard InChI is InChI=1S/C21H25Cl2N3O3S/c22-15-11-14(5-6-16(15)25-9-3-1-2-4-19(25)27)26-12-13(10-20(26)28)24-21(29)17-7-8-18(23)30-17/h6,8,11,13-14,17H,1-5,7,9-10,12H2,(H,24,29). The highest BCUT2D eigenvalue weighted by Crippen LogP contribution is 2.35. The molecule has 3 heterocycles. The third-order valence-corrected chi connectivity index (χ3v) is 7.77. The number of amides is 3. The van der Waals surface area contributed by atoms with Crippen molar-refractivity contribution < 1.29 is 14.4 Å². The fourth-order valence-corrected chi connectivity index (χ4v) is 5.95. The van der Waals surface area contributed by atoms with Gasteiger partial charge in [-0.3, -0.25) is 14.4 Å². The van der Waals surface area contributed by atoms with Crippen molar-refractivity contribution in [1.29, 1.82) is 0 Å². The molecule has 4 aliphatic rings. The Morgan fingerprint density at radius 1 is 1.10 bits per heavy atom. The largest absolute Gasteiger partial charge is 0.350 e. The number of nitrogens with zero attached hydrogens (tertiary/aromatic N) is 2. The first-order valence-electron chi connectivity index (χ1n) is 10.4. The van der Waals surface area contributed by atoms with Crippen LogP contribution < -0.4 is 5.32 Å². The molecule has 2 fully saturated rings. The first kappa shape index (κ1) is 21.8. The van der Waals surface area contributed by atoms with Crippen LogP contribution in [-0.2, 0) is 14.4 Å². The van der Waals surface area contributed by atoms with Gasteiger partial charge >= 0.3 is 0 Å². The second-order valence-corrected chi connectivity index (χ2v) is 10.4. The number of rotatable bonds is 4. The summed E-state index contributed by atoms with van der Waals surface area (Å²) >= 11 is 13.8. The molecule has 0 aromatic heterocycles. The van der Waals surface area contributed by atoms with Crippen LogP contribution in [0.15, 0.2) is 33.3 Å². The van der Waals surface area contributed by atoms with Gasteiger partial charge in [-0.05, 0) is 31.8 Å². The number of carbonyl (C=O) groups excluding carboxylic acids is 3. The van der Waals surface area contributed by atoms with E-state index in [1.54, 1.807) is 9.80 Å². The van der Waals surface area contributed by atoms with E-state index in [1.807, 2.05) is 18.2 Å². The summed E-state index contributed by atoms with van der Waals surface area (Å²) in [5.41, 5.74) is 0.763. The number of hydrogen-bond acceptors (Lipinski definition) is 4. The van der Waals surface area contributed by atoms with Crippen molar-refractivity contribution in [3.05, 3.63) is 33.3 Å². The lowest BCUT2D eigenvalue weighted by Gasteiger charge is -2.31. The third kappa shape index (κ3) is 4.73. The molecule has 3 atom stereocenters. The maximum absolute atomic E-state index is 12.6. The van der Waals surface area contributed by atoms with Crippen molar-refractivity contribution in [1.82, 2.24) is 15.1 Å². The molecule has 30 heavy (non-hydrogen) atoms. The molecule has 0 saturated carbocycles. The van der Waals surface area contributed by atoms with Crippen molar-refractivity contribution in [3.63, 3.8) is 0 Å². The SMILES string of the molecule is O=C(NC1CC(=O)N(C2C=C(Cl)C(N3CCCCCC3=O)=CC2)C1)C1CC=C(Cl)S1. The van der Waals surface area contributed by atoms with Gasteiger partial charge in [0.15, 0.2) is 0 Å². The Kier molecular flexibility index (Phi) is 6.80. The average molecular weight is 470 g/mol. The van der Waals surface area contributed by atoms with E-state index in [4.69, 9.17) is 23.2 Å². The van der Waals surface area contributed by atoms with Gasteiger partial charge in [0.2, 0.25) is 17.7 Å². The molecule has 0 spiro atoms. The van der Waals surface area contributed by atoms with Crippen molar-refractivity contribution in [2.24, 2.45) is 0 Å². The Bertz CT molecular complexity index is 841. The average Bonchev–Trinajstić information content (AvgIpc) is 3.23. The van der Waals surface area contributed by atoms with Crippen LogP contribution >= 0.6 is 35.0 Å². The van der Waals surface area contributed by atoms with E-state index in [-0.39, 0.29) is 41.5 Å². The van der Waals surface area contributed by atoms with E-state index >= 15 is 0 Å². The minimum Gasteiger partial charge on any atom is -0.350 e. The van der Waals surface area contributed by atoms with Gasteiger partial charge in [0.1, 0.15) is 0 Å². The first-order chi connectivity index (χ1) is 14.4. The second-order valence-electron chi connectivity index (χ2n) is 8.07. The summed E-state index contributed by atoms with van der Waals surface area (Å²) in [6.07, 6.45) is 10.7. The Balaban J connectivity index is 1.36. The van der Waals surface area contributed by atoms with Crippen LogP contribution in [0.1, 0.15) is 44.9 Å². The van der Waals surface area contributed by atoms with E-state index in [1.165, 1.54) is 11.8 Å². The summed E-state index contributed by atoms with van der Waals surface area (Å²) in [6, 6.07) is -0.371. The lowest BCUT2D eigenvalue weighted by atomic mass is 10.0. The second kappa shape index (κ2) is 9.37. The number of carbonyl (C=O) groups is 3. The fraction of sp³-hybridized carbons (Fsp3) is 0.571. The molecule has 162 valence electrons. The number of allylic oxidation sites excluding steroid dienone is 2. The maximum Gasteiger partial charge on any atom is 0.234 e. The molecule has 1 aliphatic carbocycles. The first-order valence-corrected chi connectivity index (χ1v) is 12.1. The molecule has 2 saturated heterocycles. The molecule has 9 heteroatoms. The quantitative estimate of drug-likeness (QED) is 0.683. The topological polar surface area (TPSA) is 69.7 Å². The fourth-order valence-electron chi connectivity index (χ4n) is 4.38. The Hall–Kier alpha value is -1.44. The molecule has 6 nitrogen and oxygen atoms in total. The molecule has 3 aliphatic heterocycles. The van der Waals surface area contributed by atoms with Gasteiger partial charge in [-0.25, -0.2) is 0 Å². The number of hydrogen-bond donors (Lipinski definition) is 1. The summed E-state index contributed by atoms with van der Waals surface area (Å²) in [5, 5.41) is 3.29. The molecule has 3 unspecified atom stereocenters. The third-order valence-electron chi connectivity index (χ3n) is 5.95. The van der Waals surface area contributed by atoms with Gasteiger partial charge in [0, 0.05) is 25.9 Å². The summed E-state index contributed by atoms with van der Waals surface area (Å²) in [4.78, 5) is 41.0. The Morgan fingerprint density at radius 3 is 2.67 bits per heavy atom. The van der Waals surface area contributed by atoms with E-state index in [0.29, 0.717) is 41.7 Å². The van der Waals surface area contributed by atoms with Gasteiger partial charge in [0.25, 0.3) is 0 Å². The molecule has 3 amide bonds. The zero-order chi connectivity index (χ0) is 21.3. The normalized spacial score (nSPS) is 30.1. The van der Waals surface area contributed by atoms with Gasteiger partial charge < -0.3 is 15.1 Å². The number of nitrogens with one attached hydrogen (secondary N) is 1. The lowest BCUT2D eigenvalue weighted by molar-refractivity contribution is -0.130. The minimum atomic E-state index is -0.220. The highest BCUT2D eigenvalue weighted by molar-refractivity contribution is 8.06. The van der Waals surface area contributed by atoms with E-state index in [9.17, 15) is 14.4 Å². The summed E-state index contributed by atoms with van der Waals surface area (Å²) in [6.45, 7) is 1.15. The van der Waals surface area contributed by atoms with Crippen LogP contribution in [-0.4, -0.2) is 57.9 Å². The van der Waals surface area contributed by atoms with Crippen molar-refractivity contribution in [2.45, 2.75) is 62.3 Å². The highest BCUT2D eigenvalue weighted by Gasteiger charge is 2.37. The van der Waals surface area contributed by atoms with E-state index < -0.39 is 0 Å². The van der Waals surface area contributed by atoms with Crippen molar-refractivity contribution in [3.8, 4) is 0 Å². The van der Waals surface area contributed by atoms with E-state index in [2.05, 4.69) is 5.32 Å². The number of thioether (sulfide) groups is 1. The maximum atomic E-state index is 12.6. The van der Waals surface area contributed by atoms with E-state index in [0.717, 1.165) is 25.0 Å². The van der Waals surface area contributed by atoms with Gasteiger partial charge in [-0.1, -0.05) is 41.8 Å². The smallest absolute Gasteiger partial charge is 0.234 e. The van der Waals surface area contributed by atoms with Crippen LogP contribution in [0.3, 0.4) is 0 Å². The van der Waals surface area contributed by atoms with Crippen LogP contribution in [0, 0.1) is 0 Å². The molecular formula is C21H25Cl2N3O3S. The van der Waals surface area contributed by atoms with Crippen LogP contribution in [0.4, 0.5) is 0 Å².